The summed E-state index contributed by atoms with van der Waals surface area (Å²) < 4.78 is 0. The molecular weight excluding hydrogens is 282 g/mol. The lowest BCUT2D eigenvalue weighted by Gasteiger charge is -2.16. The fourth-order valence-electron chi connectivity index (χ4n) is 1.95. The maximum atomic E-state index is 4.33. The van der Waals surface area contributed by atoms with Crippen LogP contribution in [0.5, 0.6) is 0 Å². The Morgan fingerprint density at radius 2 is 1.87 bits per heavy atom. The highest BCUT2D eigenvalue weighted by Crippen LogP contribution is 2.07. The first-order chi connectivity index (χ1) is 11.2. The van der Waals surface area contributed by atoms with Gasteiger partial charge in [-0.2, -0.15) is 0 Å². The molecule has 0 aliphatic heterocycles. The fourth-order valence-corrected chi connectivity index (χ4v) is 1.95. The van der Waals surface area contributed by atoms with Gasteiger partial charge in [-0.05, 0) is 44.5 Å². The van der Waals surface area contributed by atoms with Crippen LogP contribution < -0.4 is 0 Å². The van der Waals surface area contributed by atoms with E-state index >= 15 is 0 Å². The van der Waals surface area contributed by atoms with Crippen LogP contribution in [-0.2, 0) is 13.1 Å². The second kappa shape index (κ2) is 11.1. The van der Waals surface area contributed by atoms with Gasteiger partial charge in [0.25, 0.3) is 0 Å². The standard InChI is InChI=1S/C15H18N2.C5H7N/c1-13-6-8-14(9-7-13)11-17(2)12-15-5-3-4-10-16-15;1-3-4-5-6-2/h3-10H,11-12H2,1-2H3;3-5H,1-2H2/b;5-4-. The lowest BCUT2D eigenvalue weighted by atomic mass is 10.1. The molecule has 3 heteroatoms. The van der Waals surface area contributed by atoms with Gasteiger partial charge in [-0.3, -0.25) is 14.9 Å². The summed E-state index contributed by atoms with van der Waals surface area (Å²) >= 11 is 0. The van der Waals surface area contributed by atoms with E-state index in [2.05, 4.69) is 72.5 Å². The minimum atomic E-state index is 0.884. The van der Waals surface area contributed by atoms with Crippen LogP contribution in [0.25, 0.3) is 0 Å². The maximum Gasteiger partial charge on any atom is 0.0543 e. The number of allylic oxidation sites excluding steroid dienone is 2. The fraction of sp³-hybridized carbons (Fsp3) is 0.200. The summed E-state index contributed by atoms with van der Waals surface area (Å²) in [6.45, 7) is 10.6. The third kappa shape index (κ3) is 8.49. The number of rotatable bonds is 6. The van der Waals surface area contributed by atoms with Crippen molar-refractivity contribution in [3.63, 3.8) is 0 Å². The third-order valence-corrected chi connectivity index (χ3v) is 3.06. The van der Waals surface area contributed by atoms with Crippen LogP contribution in [0, 0.1) is 6.92 Å². The van der Waals surface area contributed by atoms with Gasteiger partial charge in [-0.1, -0.05) is 48.6 Å². The molecule has 0 aliphatic carbocycles. The predicted octanol–water partition coefficient (Wildman–Crippen LogP) is 4.41. The quantitative estimate of drug-likeness (QED) is 0.584. The highest BCUT2D eigenvalue weighted by atomic mass is 15.1. The number of hydrogen-bond acceptors (Lipinski definition) is 3. The molecule has 120 valence electrons. The second-order valence-electron chi connectivity index (χ2n) is 5.24. The molecule has 0 N–H and O–H groups in total. The van der Waals surface area contributed by atoms with Crippen LogP contribution in [0.15, 0.2) is 78.6 Å². The van der Waals surface area contributed by atoms with Crippen molar-refractivity contribution in [2.45, 2.75) is 20.0 Å². The van der Waals surface area contributed by atoms with Crippen molar-refractivity contribution in [2.75, 3.05) is 7.05 Å². The Morgan fingerprint density at radius 3 is 2.39 bits per heavy atom. The number of hydrogen-bond donors (Lipinski definition) is 0. The Kier molecular flexibility index (Phi) is 8.94. The van der Waals surface area contributed by atoms with Crippen LogP contribution in [0.2, 0.25) is 0 Å². The Hall–Kier alpha value is -2.52. The molecule has 3 nitrogen and oxygen atoms in total. The Bertz CT molecular complexity index is 591. The normalized spacial score (nSPS) is 10.2. The Balaban J connectivity index is 0.000000379. The molecule has 2 rings (SSSR count). The van der Waals surface area contributed by atoms with Crippen LogP contribution in [0.4, 0.5) is 0 Å². The zero-order valence-corrected chi connectivity index (χ0v) is 14.0. The van der Waals surface area contributed by atoms with Crippen molar-refractivity contribution in [3.05, 3.63) is 90.4 Å². The van der Waals surface area contributed by atoms with Crippen molar-refractivity contribution in [1.82, 2.24) is 9.88 Å². The van der Waals surface area contributed by atoms with E-state index in [0.29, 0.717) is 0 Å². The minimum absolute atomic E-state index is 0.884. The molecule has 0 spiro atoms. The van der Waals surface area contributed by atoms with E-state index in [4.69, 9.17) is 0 Å². The molecule has 1 aromatic carbocycles. The monoisotopic (exact) mass is 307 g/mol. The average Bonchev–Trinajstić information content (AvgIpc) is 2.56. The number of pyridine rings is 1. The molecule has 0 atom stereocenters. The molecule has 0 amide bonds. The molecule has 0 unspecified atom stereocenters. The van der Waals surface area contributed by atoms with Gasteiger partial charge < -0.3 is 0 Å². The van der Waals surface area contributed by atoms with Gasteiger partial charge in [-0.25, -0.2) is 0 Å². The SMILES string of the molecule is C=C/C=C\N=C.Cc1ccc(CN(C)Cc2ccccn2)cc1. The van der Waals surface area contributed by atoms with Crippen LogP contribution in [-0.4, -0.2) is 23.6 Å². The highest BCUT2D eigenvalue weighted by Gasteiger charge is 2.02. The summed E-state index contributed by atoms with van der Waals surface area (Å²) in [6, 6.07) is 14.7. The number of nitrogens with zero attached hydrogens (tertiary/aromatic N) is 3. The lowest BCUT2D eigenvalue weighted by Crippen LogP contribution is -2.17. The third-order valence-electron chi connectivity index (χ3n) is 3.06. The molecule has 0 saturated carbocycles. The smallest absolute Gasteiger partial charge is 0.0543 e. The summed E-state index contributed by atoms with van der Waals surface area (Å²) in [4.78, 5) is 10.0. The van der Waals surface area contributed by atoms with E-state index in [1.54, 1.807) is 18.4 Å². The summed E-state index contributed by atoms with van der Waals surface area (Å²) in [5.41, 5.74) is 3.76. The van der Waals surface area contributed by atoms with E-state index in [-0.39, 0.29) is 0 Å². The maximum absolute atomic E-state index is 4.33. The van der Waals surface area contributed by atoms with Gasteiger partial charge in [0.15, 0.2) is 0 Å². The van der Waals surface area contributed by atoms with Gasteiger partial charge in [0, 0.05) is 25.5 Å². The van der Waals surface area contributed by atoms with Gasteiger partial charge >= 0.3 is 0 Å². The topological polar surface area (TPSA) is 28.5 Å². The molecule has 1 heterocycles. The molecule has 0 saturated heterocycles. The highest BCUT2D eigenvalue weighted by molar-refractivity contribution is 5.25. The van der Waals surface area contributed by atoms with Crippen molar-refractivity contribution in [3.8, 4) is 0 Å². The van der Waals surface area contributed by atoms with Crippen LogP contribution in [0.3, 0.4) is 0 Å². The molecule has 2 aromatic rings. The Labute approximate surface area is 139 Å². The zero-order chi connectivity index (χ0) is 16.9. The minimum Gasteiger partial charge on any atom is -0.296 e. The van der Waals surface area contributed by atoms with Gasteiger partial charge in [0.1, 0.15) is 0 Å². The molecule has 0 aliphatic rings. The van der Waals surface area contributed by atoms with E-state index in [0.717, 1.165) is 18.8 Å². The molecule has 0 bridgehead atoms. The number of benzene rings is 1. The van der Waals surface area contributed by atoms with Crippen molar-refractivity contribution >= 4 is 6.72 Å². The van der Waals surface area contributed by atoms with E-state index in [1.165, 1.54) is 11.1 Å². The van der Waals surface area contributed by atoms with E-state index in [9.17, 15) is 0 Å². The largest absolute Gasteiger partial charge is 0.296 e. The lowest BCUT2D eigenvalue weighted by molar-refractivity contribution is 0.315. The molecule has 0 radical (unpaired) electrons. The predicted molar refractivity (Wildman–Crippen MR) is 99.5 cm³/mol. The summed E-state index contributed by atoms with van der Waals surface area (Å²) in [5.74, 6) is 0. The summed E-state index contributed by atoms with van der Waals surface area (Å²) in [5, 5.41) is 0. The van der Waals surface area contributed by atoms with Crippen LogP contribution in [0.1, 0.15) is 16.8 Å². The summed E-state index contributed by atoms with van der Waals surface area (Å²) in [6.07, 6.45) is 6.78. The first-order valence-corrected chi connectivity index (χ1v) is 7.53. The van der Waals surface area contributed by atoms with Gasteiger partial charge in [0.2, 0.25) is 0 Å². The Morgan fingerprint density at radius 1 is 1.13 bits per heavy atom. The first-order valence-electron chi connectivity index (χ1n) is 7.53. The van der Waals surface area contributed by atoms with Crippen molar-refractivity contribution in [1.29, 1.82) is 0 Å². The molecular formula is C20H25N3. The average molecular weight is 307 g/mol. The zero-order valence-electron chi connectivity index (χ0n) is 14.0. The molecule has 1 aromatic heterocycles. The van der Waals surface area contributed by atoms with Crippen molar-refractivity contribution in [2.24, 2.45) is 4.99 Å². The van der Waals surface area contributed by atoms with Crippen molar-refractivity contribution < 1.29 is 0 Å². The molecule has 23 heavy (non-hydrogen) atoms. The van der Waals surface area contributed by atoms with Gasteiger partial charge in [0.05, 0.1) is 5.69 Å². The number of aromatic nitrogens is 1. The van der Waals surface area contributed by atoms with E-state index < -0.39 is 0 Å². The van der Waals surface area contributed by atoms with E-state index in [1.807, 2.05) is 18.3 Å². The number of aryl methyl sites for hydroxylation is 1. The van der Waals surface area contributed by atoms with Gasteiger partial charge in [-0.15, -0.1) is 0 Å². The first kappa shape index (κ1) is 18.5. The second-order valence-corrected chi connectivity index (χ2v) is 5.24. The molecule has 0 fully saturated rings. The van der Waals surface area contributed by atoms with Crippen LogP contribution >= 0.6 is 0 Å². The summed E-state index contributed by atoms with van der Waals surface area (Å²) in [7, 11) is 2.12. The number of aliphatic imine (C=N–C) groups is 1.